The van der Waals surface area contributed by atoms with E-state index in [1.165, 1.54) is 0 Å². The van der Waals surface area contributed by atoms with Crippen molar-refractivity contribution in [3.8, 4) is 0 Å². The minimum absolute atomic E-state index is 0.231. The van der Waals surface area contributed by atoms with Crippen LogP contribution in [-0.2, 0) is 0 Å². The van der Waals surface area contributed by atoms with E-state index >= 15 is 0 Å². The first-order valence-corrected chi connectivity index (χ1v) is 3.18. The van der Waals surface area contributed by atoms with Crippen molar-refractivity contribution in [3.63, 3.8) is 0 Å². The van der Waals surface area contributed by atoms with Crippen LogP contribution in [0.1, 0.15) is 19.8 Å². The van der Waals surface area contributed by atoms with Gasteiger partial charge < -0.3 is 0 Å². The molecule has 0 aliphatic carbocycles. The molecule has 0 rings (SSSR count). The van der Waals surface area contributed by atoms with Crippen LogP contribution in [0.5, 0.6) is 0 Å². The zero-order valence-corrected chi connectivity index (χ0v) is 5.86. The molecule has 9 heavy (non-hydrogen) atoms. The van der Waals surface area contributed by atoms with Crippen molar-refractivity contribution in [1.29, 1.82) is 0 Å². The fraction of sp³-hybridized carbons (Fsp3) is 0.500. The molecular formula is C8H13F. The first-order valence-electron chi connectivity index (χ1n) is 3.18. The molecule has 0 heterocycles. The van der Waals surface area contributed by atoms with E-state index in [0.717, 1.165) is 12.0 Å². The first-order chi connectivity index (χ1) is 4.35. The van der Waals surface area contributed by atoms with Gasteiger partial charge in [-0.25, -0.2) is 0 Å². The fourth-order valence-electron chi connectivity index (χ4n) is 0.635. The third kappa shape index (κ3) is 3.95. The Hall–Kier alpha value is -0.590. The minimum atomic E-state index is -0.231. The van der Waals surface area contributed by atoms with Gasteiger partial charge in [0.1, 0.15) is 0 Å². The second-order valence-corrected chi connectivity index (χ2v) is 1.86. The minimum Gasteiger partial charge on any atom is -0.251 e. The van der Waals surface area contributed by atoms with E-state index < -0.39 is 0 Å². The third-order valence-corrected chi connectivity index (χ3v) is 1.23. The Morgan fingerprint density at radius 2 is 2.33 bits per heavy atom. The summed E-state index contributed by atoms with van der Waals surface area (Å²) >= 11 is 0. The van der Waals surface area contributed by atoms with Gasteiger partial charge in [0, 0.05) is 0 Å². The summed E-state index contributed by atoms with van der Waals surface area (Å²) in [5.74, 6) is 0. The second kappa shape index (κ2) is 5.54. The highest BCUT2D eigenvalue weighted by Gasteiger charge is 1.88. The molecule has 0 saturated heterocycles. The Balaban J connectivity index is 3.45. The molecule has 0 aromatic carbocycles. The molecule has 0 radical (unpaired) electrons. The monoisotopic (exact) mass is 128 g/mol. The highest BCUT2D eigenvalue weighted by Crippen LogP contribution is 2.04. The summed E-state index contributed by atoms with van der Waals surface area (Å²) in [5, 5.41) is 0. The summed E-state index contributed by atoms with van der Waals surface area (Å²) < 4.78 is 11.6. The lowest BCUT2D eigenvalue weighted by molar-refractivity contribution is 0.473. The molecule has 0 unspecified atom stereocenters. The highest BCUT2D eigenvalue weighted by molar-refractivity contribution is 5.14. The molecule has 0 N–H and O–H groups in total. The van der Waals surface area contributed by atoms with E-state index in [9.17, 15) is 4.39 Å². The van der Waals surface area contributed by atoms with Crippen LogP contribution in [0, 0.1) is 0 Å². The number of hydrogen-bond donors (Lipinski definition) is 0. The van der Waals surface area contributed by atoms with Crippen molar-refractivity contribution in [3.05, 3.63) is 24.3 Å². The lowest BCUT2D eigenvalue weighted by Gasteiger charge is -1.95. The zero-order chi connectivity index (χ0) is 7.11. The maximum Gasteiger partial charge on any atom is 0.0897 e. The second-order valence-electron chi connectivity index (χ2n) is 1.86. The molecule has 0 atom stereocenters. The summed E-state index contributed by atoms with van der Waals surface area (Å²) in [4.78, 5) is 0. The van der Waals surface area contributed by atoms with Gasteiger partial charge in [-0.3, -0.25) is 4.39 Å². The largest absolute Gasteiger partial charge is 0.251 e. The van der Waals surface area contributed by atoms with Crippen molar-refractivity contribution in [2.45, 2.75) is 19.8 Å². The summed E-state index contributed by atoms with van der Waals surface area (Å²) in [6.07, 6.45) is 5.17. The Kier molecular flexibility index (Phi) is 5.18. The smallest absolute Gasteiger partial charge is 0.0897 e. The summed E-state index contributed by atoms with van der Waals surface area (Å²) in [5.41, 5.74) is 1.13. The van der Waals surface area contributed by atoms with Crippen LogP contribution in [0.25, 0.3) is 0 Å². The molecule has 0 amide bonds. The maximum atomic E-state index is 11.6. The predicted octanol–water partition coefficient (Wildman–Crippen LogP) is 2.87. The molecule has 52 valence electrons. The standard InChI is InChI=1S/C8H13F/c1-3-8(4-2)6-5-7-9/h3-4H,1,5-7H2,2H3/b8-4+. The molecule has 0 aromatic heterocycles. The van der Waals surface area contributed by atoms with Gasteiger partial charge in [0.2, 0.25) is 0 Å². The number of allylic oxidation sites excluding steroid dienone is 3. The number of hydrogen-bond acceptors (Lipinski definition) is 0. The molecule has 0 spiro atoms. The van der Waals surface area contributed by atoms with Crippen LogP contribution in [0.15, 0.2) is 24.3 Å². The van der Waals surface area contributed by atoms with Gasteiger partial charge in [-0.15, -0.1) is 0 Å². The van der Waals surface area contributed by atoms with Gasteiger partial charge in [0.05, 0.1) is 6.67 Å². The summed E-state index contributed by atoms with van der Waals surface area (Å²) in [7, 11) is 0. The predicted molar refractivity (Wildman–Crippen MR) is 39.2 cm³/mol. The lowest BCUT2D eigenvalue weighted by Crippen LogP contribution is -1.79. The van der Waals surface area contributed by atoms with E-state index in [4.69, 9.17) is 0 Å². The van der Waals surface area contributed by atoms with E-state index in [1.807, 2.05) is 13.0 Å². The quantitative estimate of drug-likeness (QED) is 0.511. The van der Waals surface area contributed by atoms with Gasteiger partial charge in [0.15, 0.2) is 0 Å². The van der Waals surface area contributed by atoms with Crippen molar-refractivity contribution >= 4 is 0 Å². The van der Waals surface area contributed by atoms with E-state index in [-0.39, 0.29) is 6.67 Å². The van der Waals surface area contributed by atoms with Crippen LogP contribution in [-0.4, -0.2) is 6.67 Å². The zero-order valence-electron chi connectivity index (χ0n) is 5.86. The van der Waals surface area contributed by atoms with Gasteiger partial charge in [-0.2, -0.15) is 0 Å². The Labute approximate surface area is 56.1 Å². The highest BCUT2D eigenvalue weighted by atomic mass is 19.1. The van der Waals surface area contributed by atoms with Gasteiger partial charge in [0.25, 0.3) is 0 Å². The molecule has 1 heteroatoms. The summed E-state index contributed by atoms with van der Waals surface area (Å²) in [6.45, 7) is 5.30. The number of rotatable bonds is 4. The molecule has 0 fully saturated rings. The van der Waals surface area contributed by atoms with Crippen molar-refractivity contribution < 1.29 is 4.39 Å². The SMILES string of the molecule is C=C/C(=C\C)CCCF. The first kappa shape index (κ1) is 8.41. The number of alkyl halides is 1. The van der Waals surface area contributed by atoms with Crippen LogP contribution in [0.2, 0.25) is 0 Å². The fourth-order valence-corrected chi connectivity index (χ4v) is 0.635. The molecule has 0 saturated carbocycles. The summed E-state index contributed by atoms with van der Waals surface area (Å²) in [6, 6.07) is 0. The van der Waals surface area contributed by atoms with Crippen molar-refractivity contribution in [1.82, 2.24) is 0 Å². The average molecular weight is 128 g/mol. The van der Waals surface area contributed by atoms with Crippen molar-refractivity contribution in [2.75, 3.05) is 6.67 Å². The van der Waals surface area contributed by atoms with Gasteiger partial charge >= 0.3 is 0 Å². The topological polar surface area (TPSA) is 0 Å². The van der Waals surface area contributed by atoms with E-state index in [2.05, 4.69) is 6.58 Å². The van der Waals surface area contributed by atoms with Crippen LogP contribution in [0.3, 0.4) is 0 Å². The molecule has 0 bridgehead atoms. The van der Waals surface area contributed by atoms with Gasteiger partial charge in [-0.05, 0) is 19.8 Å². The molecule has 0 aromatic rings. The van der Waals surface area contributed by atoms with E-state index in [1.54, 1.807) is 6.08 Å². The third-order valence-electron chi connectivity index (χ3n) is 1.23. The number of halogens is 1. The Morgan fingerprint density at radius 3 is 2.67 bits per heavy atom. The molecule has 0 aliphatic rings. The van der Waals surface area contributed by atoms with Crippen molar-refractivity contribution in [2.24, 2.45) is 0 Å². The molecule has 0 nitrogen and oxygen atoms in total. The van der Waals surface area contributed by atoms with Crippen LogP contribution < -0.4 is 0 Å². The average Bonchev–Trinajstić information content (AvgIpc) is 1.91. The van der Waals surface area contributed by atoms with Gasteiger partial charge in [-0.1, -0.05) is 24.3 Å². The Morgan fingerprint density at radius 1 is 1.67 bits per heavy atom. The van der Waals surface area contributed by atoms with E-state index in [0.29, 0.717) is 6.42 Å². The lowest BCUT2D eigenvalue weighted by atomic mass is 10.1. The maximum absolute atomic E-state index is 11.6. The van der Waals surface area contributed by atoms with Crippen LogP contribution in [0.4, 0.5) is 4.39 Å². The normalized spacial score (nSPS) is 11.6. The molecule has 0 aliphatic heterocycles. The van der Waals surface area contributed by atoms with Crippen LogP contribution >= 0.6 is 0 Å². The Bertz CT molecular complexity index is 103. The molecular weight excluding hydrogens is 115 g/mol.